The van der Waals surface area contributed by atoms with Crippen LogP contribution in [0.5, 0.6) is 11.5 Å². The van der Waals surface area contributed by atoms with Crippen molar-refractivity contribution in [3.05, 3.63) is 12.1 Å². The number of rotatable bonds is 6. The van der Waals surface area contributed by atoms with Crippen molar-refractivity contribution in [2.75, 3.05) is 38.4 Å². The highest BCUT2D eigenvalue weighted by molar-refractivity contribution is 5.72. The van der Waals surface area contributed by atoms with Crippen molar-refractivity contribution < 1.29 is 23.4 Å². The van der Waals surface area contributed by atoms with Gasteiger partial charge in [0, 0.05) is 12.1 Å². The maximum absolute atomic E-state index is 12.9. The summed E-state index contributed by atoms with van der Waals surface area (Å²) in [5, 5.41) is 10.9. The van der Waals surface area contributed by atoms with Gasteiger partial charge in [-0.3, -0.25) is 0 Å². The predicted molar refractivity (Wildman–Crippen MR) is 64.5 cm³/mol. The van der Waals surface area contributed by atoms with E-state index in [1.807, 2.05) is 0 Å². The molecular weight excluding hydrogens is 246 g/mol. The van der Waals surface area contributed by atoms with Gasteiger partial charge in [0.25, 0.3) is 5.92 Å². The normalized spacial score (nSPS) is 11.2. The molecule has 4 N–H and O–H groups in total. The molecule has 0 unspecified atom stereocenters. The molecule has 1 aromatic rings. The summed E-state index contributed by atoms with van der Waals surface area (Å²) >= 11 is 0. The first-order valence-corrected chi connectivity index (χ1v) is 5.17. The summed E-state index contributed by atoms with van der Waals surface area (Å²) in [5.41, 5.74) is 6.23. The fourth-order valence-electron chi connectivity index (χ4n) is 1.33. The number of nitrogen functional groups attached to an aromatic ring is 1. The van der Waals surface area contributed by atoms with Crippen LogP contribution < -0.4 is 20.5 Å². The highest BCUT2D eigenvalue weighted by atomic mass is 19.3. The predicted octanol–water partition coefficient (Wildman–Crippen LogP) is 1.33. The molecule has 0 aliphatic carbocycles. The third-order valence-corrected chi connectivity index (χ3v) is 2.32. The van der Waals surface area contributed by atoms with E-state index in [0.717, 1.165) is 0 Å². The number of alkyl halides is 2. The van der Waals surface area contributed by atoms with E-state index in [2.05, 4.69) is 5.32 Å². The summed E-state index contributed by atoms with van der Waals surface area (Å²) in [6, 6.07) is 2.93. The van der Waals surface area contributed by atoms with Gasteiger partial charge in [-0.25, -0.2) is 8.78 Å². The van der Waals surface area contributed by atoms with Crippen molar-refractivity contribution >= 4 is 11.4 Å². The second-order valence-electron chi connectivity index (χ2n) is 3.66. The standard InChI is InChI=1S/C11H16F2N2O3/c1-17-9-3-7(14)8(4-10(9)18-2)15-5-11(12,13)6-16/h3-4,15-16H,5-6,14H2,1-2H3. The molecule has 0 aliphatic heterocycles. The lowest BCUT2D eigenvalue weighted by molar-refractivity contribution is -0.0372. The van der Waals surface area contributed by atoms with E-state index in [0.29, 0.717) is 17.2 Å². The minimum absolute atomic E-state index is 0.251. The van der Waals surface area contributed by atoms with Crippen molar-refractivity contribution in [2.45, 2.75) is 5.92 Å². The summed E-state index contributed by atoms with van der Waals surface area (Å²) in [4.78, 5) is 0. The largest absolute Gasteiger partial charge is 0.493 e. The number of halogens is 2. The Hall–Kier alpha value is -1.76. The van der Waals surface area contributed by atoms with Crippen LogP contribution in [0.4, 0.5) is 20.2 Å². The molecule has 0 aliphatic rings. The smallest absolute Gasteiger partial charge is 0.287 e. The van der Waals surface area contributed by atoms with Gasteiger partial charge < -0.3 is 25.6 Å². The molecule has 0 heterocycles. The Labute approximate surface area is 103 Å². The molecule has 0 saturated carbocycles. The fourth-order valence-corrected chi connectivity index (χ4v) is 1.33. The Balaban J connectivity index is 2.89. The topological polar surface area (TPSA) is 76.7 Å². The number of benzene rings is 1. The van der Waals surface area contributed by atoms with Gasteiger partial charge in [-0.2, -0.15) is 0 Å². The lowest BCUT2D eigenvalue weighted by Crippen LogP contribution is -2.31. The number of aliphatic hydroxyl groups is 1. The zero-order valence-corrected chi connectivity index (χ0v) is 10.2. The molecule has 0 spiro atoms. The average molecular weight is 262 g/mol. The third-order valence-electron chi connectivity index (χ3n) is 2.32. The highest BCUT2D eigenvalue weighted by Crippen LogP contribution is 2.35. The maximum atomic E-state index is 12.9. The second kappa shape index (κ2) is 5.72. The molecule has 18 heavy (non-hydrogen) atoms. The molecule has 5 nitrogen and oxygen atoms in total. The van der Waals surface area contributed by atoms with E-state index in [9.17, 15) is 8.78 Å². The molecule has 0 bridgehead atoms. The van der Waals surface area contributed by atoms with Crippen molar-refractivity contribution in [3.8, 4) is 11.5 Å². The van der Waals surface area contributed by atoms with Crippen LogP contribution in [-0.4, -0.2) is 38.4 Å². The van der Waals surface area contributed by atoms with E-state index < -0.39 is 19.1 Å². The van der Waals surface area contributed by atoms with Crippen LogP contribution in [0.3, 0.4) is 0 Å². The third kappa shape index (κ3) is 3.36. The molecule has 0 saturated heterocycles. The first kappa shape index (κ1) is 14.3. The van der Waals surface area contributed by atoms with Crippen LogP contribution in [0.2, 0.25) is 0 Å². The van der Waals surface area contributed by atoms with E-state index in [4.69, 9.17) is 20.3 Å². The Morgan fingerprint density at radius 1 is 1.28 bits per heavy atom. The van der Waals surface area contributed by atoms with Gasteiger partial charge in [-0.05, 0) is 0 Å². The lowest BCUT2D eigenvalue weighted by Gasteiger charge is -2.17. The van der Waals surface area contributed by atoms with Gasteiger partial charge in [0.05, 0.1) is 32.1 Å². The van der Waals surface area contributed by atoms with Crippen molar-refractivity contribution in [3.63, 3.8) is 0 Å². The summed E-state index contributed by atoms with van der Waals surface area (Å²) in [5.74, 6) is -2.42. The van der Waals surface area contributed by atoms with E-state index >= 15 is 0 Å². The Kier molecular flexibility index (Phi) is 4.55. The summed E-state index contributed by atoms with van der Waals surface area (Å²) in [6.45, 7) is -1.95. The Bertz CT molecular complexity index is 414. The van der Waals surface area contributed by atoms with Crippen molar-refractivity contribution in [1.29, 1.82) is 0 Å². The first-order chi connectivity index (χ1) is 8.43. The monoisotopic (exact) mass is 262 g/mol. The van der Waals surface area contributed by atoms with Gasteiger partial charge in [-0.15, -0.1) is 0 Å². The van der Waals surface area contributed by atoms with Crippen LogP contribution >= 0.6 is 0 Å². The molecule has 0 amide bonds. The number of methoxy groups -OCH3 is 2. The highest BCUT2D eigenvalue weighted by Gasteiger charge is 2.27. The minimum atomic E-state index is -3.21. The second-order valence-corrected chi connectivity index (χ2v) is 3.66. The van der Waals surface area contributed by atoms with Crippen molar-refractivity contribution in [1.82, 2.24) is 0 Å². The van der Waals surface area contributed by atoms with E-state index in [-0.39, 0.29) is 5.69 Å². The van der Waals surface area contributed by atoms with Crippen LogP contribution in [0.1, 0.15) is 0 Å². The maximum Gasteiger partial charge on any atom is 0.287 e. The Morgan fingerprint density at radius 3 is 2.33 bits per heavy atom. The molecule has 0 atom stereocenters. The van der Waals surface area contributed by atoms with Crippen molar-refractivity contribution in [2.24, 2.45) is 0 Å². The molecule has 0 radical (unpaired) electrons. The number of hydrogen-bond acceptors (Lipinski definition) is 5. The molecule has 0 fully saturated rings. The number of ether oxygens (including phenoxy) is 2. The van der Waals surface area contributed by atoms with Crippen LogP contribution in [-0.2, 0) is 0 Å². The van der Waals surface area contributed by atoms with Gasteiger partial charge in [-0.1, -0.05) is 0 Å². The zero-order valence-electron chi connectivity index (χ0n) is 10.2. The molecule has 7 heteroatoms. The van der Waals surface area contributed by atoms with E-state index in [1.54, 1.807) is 0 Å². The molecular formula is C11H16F2N2O3. The Morgan fingerprint density at radius 2 is 1.83 bits per heavy atom. The average Bonchev–Trinajstić information content (AvgIpc) is 2.36. The van der Waals surface area contributed by atoms with Gasteiger partial charge in [0.1, 0.15) is 6.61 Å². The SMILES string of the molecule is COc1cc(N)c(NCC(F)(F)CO)cc1OC. The quantitative estimate of drug-likeness (QED) is 0.674. The van der Waals surface area contributed by atoms with Crippen LogP contribution in [0, 0.1) is 0 Å². The van der Waals surface area contributed by atoms with E-state index in [1.165, 1.54) is 26.4 Å². The molecule has 1 aromatic carbocycles. The lowest BCUT2D eigenvalue weighted by atomic mass is 10.2. The fraction of sp³-hybridized carbons (Fsp3) is 0.455. The van der Waals surface area contributed by atoms with Gasteiger partial charge in [0.2, 0.25) is 0 Å². The molecule has 102 valence electrons. The number of hydrogen-bond donors (Lipinski definition) is 3. The summed E-state index contributed by atoms with van der Waals surface area (Å²) in [6.07, 6.45) is 0. The molecule has 1 rings (SSSR count). The summed E-state index contributed by atoms with van der Waals surface area (Å²) < 4.78 is 35.8. The van der Waals surface area contributed by atoms with Crippen LogP contribution in [0.25, 0.3) is 0 Å². The number of nitrogens with one attached hydrogen (secondary N) is 1. The zero-order chi connectivity index (χ0) is 13.8. The van der Waals surface area contributed by atoms with Gasteiger partial charge >= 0.3 is 0 Å². The first-order valence-electron chi connectivity index (χ1n) is 5.17. The number of anilines is 2. The molecule has 0 aromatic heterocycles. The van der Waals surface area contributed by atoms with Crippen LogP contribution in [0.15, 0.2) is 12.1 Å². The minimum Gasteiger partial charge on any atom is -0.493 e. The summed E-state index contributed by atoms with van der Waals surface area (Å²) in [7, 11) is 2.88. The van der Waals surface area contributed by atoms with Gasteiger partial charge in [0.15, 0.2) is 11.5 Å². The number of nitrogens with two attached hydrogens (primary N) is 1. The number of aliphatic hydroxyl groups excluding tert-OH is 1.